The quantitative estimate of drug-likeness (QED) is 0.594. The Morgan fingerprint density at radius 1 is 1.15 bits per heavy atom. The van der Waals surface area contributed by atoms with Crippen LogP contribution in [0.4, 0.5) is 0 Å². The second kappa shape index (κ2) is 11.6. The maximum absolute atomic E-state index is 5.51. The SMILES string of the molecule is CCCNCc1ccc(OCCOCCCOC)nc1. The van der Waals surface area contributed by atoms with Gasteiger partial charge < -0.3 is 19.5 Å². The van der Waals surface area contributed by atoms with Crippen LogP contribution in [0, 0.1) is 0 Å². The third-order valence-corrected chi connectivity index (χ3v) is 2.67. The van der Waals surface area contributed by atoms with Gasteiger partial charge in [0.25, 0.3) is 0 Å². The van der Waals surface area contributed by atoms with E-state index in [-0.39, 0.29) is 0 Å². The fourth-order valence-corrected chi connectivity index (χ4v) is 1.62. The van der Waals surface area contributed by atoms with Gasteiger partial charge in [-0.05, 0) is 24.9 Å². The van der Waals surface area contributed by atoms with Crippen LogP contribution in [0.2, 0.25) is 0 Å². The predicted octanol–water partition coefficient (Wildman–Crippen LogP) is 2.01. The van der Waals surface area contributed by atoms with Gasteiger partial charge in [-0.1, -0.05) is 13.0 Å². The molecule has 1 aromatic rings. The van der Waals surface area contributed by atoms with Crippen LogP contribution in [0.15, 0.2) is 18.3 Å². The molecule has 5 nitrogen and oxygen atoms in total. The second-order valence-electron chi connectivity index (χ2n) is 4.49. The van der Waals surface area contributed by atoms with Gasteiger partial charge in [0.2, 0.25) is 5.88 Å². The Kier molecular flexibility index (Phi) is 9.83. The molecule has 0 aliphatic carbocycles. The monoisotopic (exact) mass is 282 g/mol. The first kappa shape index (κ1) is 16.9. The van der Waals surface area contributed by atoms with Crippen molar-refractivity contribution in [2.45, 2.75) is 26.3 Å². The first-order chi connectivity index (χ1) is 9.86. The van der Waals surface area contributed by atoms with E-state index in [0.717, 1.165) is 32.5 Å². The summed E-state index contributed by atoms with van der Waals surface area (Å²) in [5.41, 5.74) is 1.17. The Morgan fingerprint density at radius 3 is 2.75 bits per heavy atom. The molecule has 0 fully saturated rings. The molecule has 114 valence electrons. The molecule has 5 heteroatoms. The fourth-order valence-electron chi connectivity index (χ4n) is 1.62. The van der Waals surface area contributed by atoms with Gasteiger partial charge in [0.15, 0.2) is 0 Å². The lowest BCUT2D eigenvalue weighted by atomic mass is 10.3. The average Bonchev–Trinajstić information content (AvgIpc) is 2.48. The van der Waals surface area contributed by atoms with Crippen LogP contribution in [-0.2, 0) is 16.0 Å². The van der Waals surface area contributed by atoms with Gasteiger partial charge in [0.05, 0.1) is 6.61 Å². The first-order valence-electron chi connectivity index (χ1n) is 7.22. The number of nitrogens with one attached hydrogen (secondary N) is 1. The molecule has 0 atom stereocenters. The van der Waals surface area contributed by atoms with E-state index in [2.05, 4.69) is 17.2 Å². The third-order valence-electron chi connectivity index (χ3n) is 2.67. The zero-order chi connectivity index (χ0) is 14.5. The number of pyridine rings is 1. The van der Waals surface area contributed by atoms with Gasteiger partial charge in [-0.3, -0.25) is 0 Å². The topological polar surface area (TPSA) is 52.6 Å². The standard InChI is InChI=1S/C15H26N2O3/c1-3-7-16-12-14-5-6-15(17-13-14)20-11-10-19-9-4-8-18-2/h5-6,13,16H,3-4,7-12H2,1-2H3. The van der Waals surface area contributed by atoms with Crippen molar-refractivity contribution in [2.75, 3.05) is 40.1 Å². The molecule has 0 amide bonds. The van der Waals surface area contributed by atoms with Gasteiger partial charge in [0, 0.05) is 39.1 Å². The van der Waals surface area contributed by atoms with Crippen molar-refractivity contribution in [1.82, 2.24) is 10.3 Å². The largest absolute Gasteiger partial charge is 0.475 e. The lowest BCUT2D eigenvalue weighted by Gasteiger charge is -2.07. The summed E-state index contributed by atoms with van der Waals surface area (Å²) in [7, 11) is 1.69. The van der Waals surface area contributed by atoms with Gasteiger partial charge in [-0.2, -0.15) is 0 Å². The molecule has 20 heavy (non-hydrogen) atoms. The molecule has 0 bridgehead atoms. The van der Waals surface area contributed by atoms with E-state index in [1.807, 2.05) is 18.3 Å². The Balaban J connectivity index is 2.08. The Bertz CT molecular complexity index is 330. The van der Waals surface area contributed by atoms with Crippen molar-refractivity contribution in [3.05, 3.63) is 23.9 Å². The molecular weight excluding hydrogens is 256 g/mol. The Hall–Kier alpha value is -1.17. The molecule has 0 aliphatic heterocycles. The normalized spacial score (nSPS) is 10.7. The van der Waals surface area contributed by atoms with E-state index >= 15 is 0 Å². The second-order valence-corrected chi connectivity index (χ2v) is 4.49. The summed E-state index contributed by atoms with van der Waals surface area (Å²) in [6, 6.07) is 3.93. The average molecular weight is 282 g/mol. The van der Waals surface area contributed by atoms with Crippen LogP contribution in [-0.4, -0.2) is 45.1 Å². The van der Waals surface area contributed by atoms with Crippen molar-refractivity contribution < 1.29 is 14.2 Å². The minimum atomic E-state index is 0.521. The van der Waals surface area contributed by atoms with Gasteiger partial charge >= 0.3 is 0 Å². The predicted molar refractivity (Wildman–Crippen MR) is 79.0 cm³/mol. The van der Waals surface area contributed by atoms with Crippen molar-refractivity contribution in [2.24, 2.45) is 0 Å². The minimum Gasteiger partial charge on any atom is -0.475 e. The highest BCUT2D eigenvalue weighted by molar-refractivity contribution is 5.17. The zero-order valence-electron chi connectivity index (χ0n) is 12.6. The summed E-state index contributed by atoms with van der Waals surface area (Å²) in [5.74, 6) is 0.643. The molecule has 1 rings (SSSR count). The van der Waals surface area contributed by atoms with Gasteiger partial charge in [-0.15, -0.1) is 0 Å². The van der Waals surface area contributed by atoms with E-state index in [4.69, 9.17) is 14.2 Å². The number of nitrogens with zero attached hydrogens (tertiary/aromatic N) is 1. The minimum absolute atomic E-state index is 0.521. The van der Waals surface area contributed by atoms with Crippen molar-refractivity contribution in [3.8, 4) is 5.88 Å². The van der Waals surface area contributed by atoms with Crippen LogP contribution in [0.3, 0.4) is 0 Å². The van der Waals surface area contributed by atoms with E-state index in [1.165, 1.54) is 5.56 Å². The molecule has 0 aromatic carbocycles. The Morgan fingerprint density at radius 2 is 2.05 bits per heavy atom. The molecule has 0 unspecified atom stereocenters. The summed E-state index contributed by atoms with van der Waals surface area (Å²) in [6.45, 7) is 6.56. The van der Waals surface area contributed by atoms with Crippen molar-refractivity contribution >= 4 is 0 Å². The van der Waals surface area contributed by atoms with Gasteiger partial charge in [-0.25, -0.2) is 4.98 Å². The molecule has 0 saturated carbocycles. The summed E-state index contributed by atoms with van der Waals surface area (Å²) in [5, 5.41) is 3.34. The highest BCUT2D eigenvalue weighted by Crippen LogP contribution is 2.07. The molecular formula is C15H26N2O3. The lowest BCUT2D eigenvalue weighted by molar-refractivity contribution is 0.0795. The summed E-state index contributed by atoms with van der Waals surface area (Å²) >= 11 is 0. The van der Waals surface area contributed by atoms with Crippen LogP contribution in [0.25, 0.3) is 0 Å². The van der Waals surface area contributed by atoms with E-state index in [9.17, 15) is 0 Å². The zero-order valence-corrected chi connectivity index (χ0v) is 12.6. The fraction of sp³-hybridized carbons (Fsp3) is 0.667. The first-order valence-corrected chi connectivity index (χ1v) is 7.22. The van der Waals surface area contributed by atoms with Crippen molar-refractivity contribution in [1.29, 1.82) is 0 Å². The van der Waals surface area contributed by atoms with E-state index in [1.54, 1.807) is 7.11 Å². The maximum Gasteiger partial charge on any atom is 0.213 e. The van der Waals surface area contributed by atoms with Crippen LogP contribution >= 0.6 is 0 Å². The molecule has 0 spiro atoms. The molecule has 0 aliphatic rings. The molecule has 1 aromatic heterocycles. The summed E-state index contributed by atoms with van der Waals surface area (Å²) in [4.78, 5) is 4.27. The van der Waals surface area contributed by atoms with Crippen LogP contribution < -0.4 is 10.1 Å². The highest BCUT2D eigenvalue weighted by Gasteiger charge is 1.97. The Labute approximate surface area is 121 Å². The third kappa shape index (κ3) is 8.09. The number of aromatic nitrogens is 1. The molecule has 0 saturated heterocycles. The number of hydrogen-bond donors (Lipinski definition) is 1. The number of rotatable bonds is 12. The molecule has 1 N–H and O–H groups in total. The highest BCUT2D eigenvalue weighted by atomic mass is 16.5. The lowest BCUT2D eigenvalue weighted by Crippen LogP contribution is -2.14. The van der Waals surface area contributed by atoms with Crippen LogP contribution in [0.5, 0.6) is 5.88 Å². The van der Waals surface area contributed by atoms with Crippen LogP contribution in [0.1, 0.15) is 25.3 Å². The number of methoxy groups -OCH3 is 1. The number of ether oxygens (including phenoxy) is 3. The smallest absolute Gasteiger partial charge is 0.213 e. The molecule has 1 heterocycles. The summed E-state index contributed by atoms with van der Waals surface area (Å²) < 4.78 is 15.8. The number of hydrogen-bond acceptors (Lipinski definition) is 5. The van der Waals surface area contributed by atoms with E-state index < -0.39 is 0 Å². The maximum atomic E-state index is 5.51. The van der Waals surface area contributed by atoms with Gasteiger partial charge in [0.1, 0.15) is 6.61 Å². The molecule has 0 radical (unpaired) electrons. The summed E-state index contributed by atoms with van der Waals surface area (Å²) in [6.07, 6.45) is 3.89. The van der Waals surface area contributed by atoms with E-state index in [0.29, 0.717) is 25.7 Å². The van der Waals surface area contributed by atoms with Crippen molar-refractivity contribution in [3.63, 3.8) is 0 Å².